The van der Waals surface area contributed by atoms with Crippen molar-refractivity contribution in [1.82, 2.24) is 0 Å². The number of nitrogens with one attached hydrogen (secondary N) is 1. The molecule has 6 heteroatoms. The van der Waals surface area contributed by atoms with Crippen molar-refractivity contribution >= 4 is 29.2 Å². The smallest absolute Gasteiger partial charge is 0.306 e. The Labute approximate surface area is 115 Å². The first-order valence-electron chi connectivity index (χ1n) is 5.99. The average molecular weight is 284 g/mol. The number of aromatic hydroxyl groups is 1. The van der Waals surface area contributed by atoms with Crippen LogP contribution in [0.15, 0.2) is 18.2 Å². The quantitative estimate of drug-likeness (QED) is 0.744. The highest BCUT2D eigenvalue weighted by molar-refractivity contribution is 6.31. The molecule has 0 radical (unpaired) electrons. The van der Waals surface area contributed by atoms with Crippen molar-refractivity contribution < 1.29 is 19.8 Å². The lowest BCUT2D eigenvalue weighted by Gasteiger charge is -2.12. The minimum atomic E-state index is -0.860. The van der Waals surface area contributed by atoms with Gasteiger partial charge in [0.25, 0.3) is 0 Å². The van der Waals surface area contributed by atoms with E-state index in [-0.39, 0.29) is 23.3 Å². The van der Waals surface area contributed by atoms with E-state index in [0.29, 0.717) is 24.3 Å². The third kappa shape index (κ3) is 3.17. The third-order valence-corrected chi connectivity index (χ3v) is 3.60. The fourth-order valence-corrected chi connectivity index (χ4v) is 2.46. The van der Waals surface area contributed by atoms with Gasteiger partial charge in [0, 0.05) is 10.9 Å². The van der Waals surface area contributed by atoms with Gasteiger partial charge in [-0.1, -0.05) is 11.6 Å². The number of carboxylic acids is 1. The van der Waals surface area contributed by atoms with Crippen LogP contribution in [0.2, 0.25) is 5.02 Å². The fraction of sp³-hybridized carbons (Fsp3) is 0.385. The molecule has 0 aromatic heterocycles. The van der Waals surface area contributed by atoms with Crippen LogP contribution in [0.1, 0.15) is 19.3 Å². The van der Waals surface area contributed by atoms with Gasteiger partial charge in [-0.3, -0.25) is 9.59 Å². The molecule has 1 saturated carbocycles. The van der Waals surface area contributed by atoms with E-state index in [1.165, 1.54) is 18.2 Å². The Morgan fingerprint density at radius 3 is 2.58 bits per heavy atom. The van der Waals surface area contributed by atoms with Crippen LogP contribution in [0.3, 0.4) is 0 Å². The van der Waals surface area contributed by atoms with E-state index in [4.69, 9.17) is 16.7 Å². The van der Waals surface area contributed by atoms with E-state index < -0.39 is 11.9 Å². The predicted molar refractivity (Wildman–Crippen MR) is 70.2 cm³/mol. The number of aliphatic carboxylic acids is 1. The number of carboxylic acid groups (broad SMARTS) is 1. The van der Waals surface area contributed by atoms with E-state index in [9.17, 15) is 14.7 Å². The Morgan fingerprint density at radius 1 is 1.26 bits per heavy atom. The Morgan fingerprint density at radius 2 is 1.95 bits per heavy atom. The molecular weight excluding hydrogens is 270 g/mol. The summed E-state index contributed by atoms with van der Waals surface area (Å²) in [6.07, 6.45) is 1.39. The van der Waals surface area contributed by atoms with Crippen LogP contribution in [-0.4, -0.2) is 22.1 Å². The highest BCUT2D eigenvalue weighted by atomic mass is 35.5. The second-order valence-electron chi connectivity index (χ2n) is 4.70. The van der Waals surface area contributed by atoms with Crippen LogP contribution in [0, 0.1) is 11.8 Å². The first-order chi connectivity index (χ1) is 8.97. The number of phenolic OH excluding ortho intramolecular Hbond substituents is 1. The summed E-state index contributed by atoms with van der Waals surface area (Å²) >= 11 is 5.78. The summed E-state index contributed by atoms with van der Waals surface area (Å²) < 4.78 is 0. The van der Waals surface area contributed by atoms with Crippen molar-refractivity contribution in [3.8, 4) is 5.75 Å². The molecule has 2 rings (SSSR count). The number of rotatable bonds is 3. The van der Waals surface area contributed by atoms with E-state index in [1.54, 1.807) is 0 Å². The molecule has 102 valence electrons. The lowest BCUT2D eigenvalue weighted by molar-refractivity contribution is -0.141. The summed E-state index contributed by atoms with van der Waals surface area (Å²) in [5, 5.41) is 21.5. The molecule has 19 heavy (non-hydrogen) atoms. The number of carbonyl (C=O) groups is 2. The second-order valence-corrected chi connectivity index (χ2v) is 5.13. The number of halogens is 1. The van der Waals surface area contributed by atoms with Crippen LogP contribution in [0.4, 0.5) is 5.69 Å². The van der Waals surface area contributed by atoms with Gasteiger partial charge >= 0.3 is 5.97 Å². The molecule has 1 aliphatic rings. The molecule has 5 nitrogen and oxygen atoms in total. The van der Waals surface area contributed by atoms with Gasteiger partial charge in [0.05, 0.1) is 11.6 Å². The fourth-order valence-electron chi connectivity index (χ4n) is 2.29. The molecule has 0 saturated heterocycles. The largest absolute Gasteiger partial charge is 0.506 e. The van der Waals surface area contributed by atoms with E-state index in [2.05, 4.69) is 5.32 Å². The summed E-state index contributed by atoms with van der Waals surface area (Å²) in [6, 6.07) is 4.37. The van der Waals surface area contributed by atoms with Gasteiger partial charge in [0.15, 0.2) is 0 Å². The zero-order valence-corrected chi connectivity index (χ0v) is 10.9. The van der Waals surface area contributed by atoms with Crippen molar-refractivity contribution in [2.75, 3.05) is 5.32 Å². The number of hydrogen-bond acceptors (Lipinski definition) is 3. The van der Waals surface area contributed by atoms with Crippen molar-refractivity contribution in [1.29, 1.82) is 0 Å². The topological polar surface area (TPSA) is 86.6 Å². The molecule has 0 aliphatic heterocycles. The molecule has 1 fully saturated rings. The van der Waals surface area contributed by atoms with Gasteiger partial charge in [-0.15, -0.1) is 0 Å². The highest BCUT2D eigenvalue weighted by Gasteiger charge is 2.34. The van der Waals surface area contributed by atoms with E-state index in [1.807, 2.05) is 0 Å². The highest BCUT2D eigenvalue weighted by Crippen LogP contribution is 2.33. The Balaban J connectivity index is 2.02. The van der Waals surface area contributed by atoms with Gasteiger partial charge in [-0.25, -0.2) is 0 Å². The molecule has 1 aromatic carbocycles. The van der Waals surface area contributed by atoms with Crippen molar-refractivity contribution in [2.24, 2.45) is 11.8 Å². The van der Waals surface area contributed by atoms with Gasteiger partial charge in [0.2, 0.25) is 5.91 Å². The Kier molecular flexibility index (Phi) is 3.95. The summed E-state index contributed by atoms with van der Waals surface area (Å²) in [7, 11) is 0. The standard InChI is InChI=1S/C13H14ClNO4/c14-9-3-4-11(16)10(6-9)15-12(17)7-1-2-8(5-7)13(18)19/h3-4,6-8,16H,1-2,5H2,(H,15,17)(H,18,19). The molecular formula is C13H14ClNO4. The molecule has 0 bridgehead atoms. The summed E-state index contributed by atoms with van der Waals surface area (Å²) in [4.78, 5) is 22.8. The molecule has 0 heterocycles. The minimum Gasteiger partial charge on any atom is -0.506 e. The molecule has 2 atom stereocenters. The van der Waals surface area contributed by atoms with Crippen LogP contribution < -0.4 is 5.32 Å². The van der Waals surface area contributed by atoms with Crippen LogP contribution in [0.25, 0.3) is 0 Å². The van der Waals surface area contributed by atoms with Gasteiger partial charge in [-0.2, -0.15) is 0 Å². The number of amides is 1. The third-order valence-electron chi connectivity index (χ3n) is 3.37. The van der Waals surface area contributed by atoms with Crippen LogP contribution in [-0.2, 0) is 9.59 Å². The zero-order chi connectivity index (χ0) is 14.0. The lowest BCUT2D eigenvalue weighted by atomic mass is 10.0. The SMILES string of the molecule is O=C(O)C1CCC(C(=O)Nc2cc(Cl)ccc2O)C1. The minimum absolute atomic E-state index is 0.0643. The van der Waals surface area contributed by atoms with Crippen LogP contribution >= 0.6 is 11.6 Å². The summed E-state index contributed by atoms with van der Waals surface area (Å²) in [5.74, 6) is -1.99. The van der Waals surface area contributed by atoms with Crippen molar-refractivity contribution in [3.63, 3.8) is 0 Å². The number of hydrogen-bond donors (Lipinski definition) is 3. The number of carbonyl (C=O) groups excluding carboxylic acids is 1. The maximum absolute atomic E-state index is 12.0. The zero-order valence-electron chi connectivity index (χ0n) is 10.1. The van der Waals surface area contributed by atoms with Gasteiger partial charge < -0.3 is 15.5 Å². The second kappa shape index (κ2) is 5.48. The van der Waals surface area contributed by atoms with Crippen molar-refractivity contribution in [3.05, 3.63) is 23.2 Å². The molecule has 1 amide bonds. The van der Waals surface area contributed by atoms with E-state index in [0.717, 1.165) is 0 Å². The summed E-state index contributed by atoms with van der Waals surface area (Å²) in [6.45, 7) is 0. The molecule has 3 N–H and O–H groups in total. The average Bonchev–Trinajstić information content (AvgIpc) is 2.83. The molecule has 1 aliphatic carbocycles. The normalized spacial score (nSPS) is 22.2. The van der Waals surface area contributed by atoms with Crippen LogP contribution in [0.5, 0.6) is 5.75 Å². The van der Waals surface area contributed by atoms with Gasteiger partial charge in [0.1, 0.15) is 5.75 Å². The lowest BCUT2D eigenvalue weighted by Crippen LogP contribution is -2.21. The summed E-state index contributed by atoms with van der Waals surface area (Å²) in [5.41, 5.74) is 0.247. The first kappa shape index (κ1) is 13.7. The number of benzene rings is 1. The maximum Gasteiger partial charge on any atom is 0.306 e. The Bertz CT molecular complexity index is 517. The number of phenols is 1. The van der Waals surface area contributed by atoms with E-state index >= 15 is 0 Å². The molecule has 0 spiro atoms. The van der Waals surface area contributed by atoms with Crippen molar-refractivity contribution in [2.45, 2.75) is 19.3 Å². The monoisotopic (exact) mass is 283 g/mol. The maximum atomic E-state index is 12.0. The predicted octanol–water partition coefficient (Wildman–Crippen LogP) is 2.49. The molecule has 2 unspecified atom stereocenters. The first-order valence-corrected chi connectivity index (χ1v) is 6.37. The van der Waals surface area contributed by atoms with Gasteiger partial charge in [-0.05, 0) is 37.5 Å². The Hall–Kier alpha value is -1.75. The molecule has 1 aromatic rings. The number of anilines is 1.